The van der Waals surface area contributed by atoms with Gasteiger partial charge in [-0.2, -0.15) is 0 Å². The van der Waals surface area contributed by atoms with Crippen molar-refractivity contribution < 1.29 is 18.3 Å². The summed E-state index contributed by atoms with van der Waals surface area (Å²) in [5, 5.41) is 9.99. The van der Waals surface area contributed by atoms with Crippen LogP contribution >= 0.6 is 0 Å². The SMILES string of the molecule is CS(=O)(=O)N1C[C@@H]2CCN(C(=O)C3CCCCC3)C[C@]2(CO)C1. The Morgan fingerprint density at radius 3 is 2.48 bits per heavy atom. The Morgan fingerprint density at radius 1 is 1.17 bits per heavy atom. The Labute approximate surface area is 138 Å². The molecule has 3 rings (SSSR count). The number of fused-ring (bicyclic) bond motifs is 1. The van der Waals surface area contributed by atoms with Gasteiger partial charge in [-0.15, -0.1) is 0 Å². The molecule has 0 unspecified atom stereocenters. The number of amides is 1. The van der Waals surface area contributed by atoms with Crippen molar-refractivity contribution in [3.8, 4) is 0 Å². The quantitative estimate of drug-likeness (QED) is 0.816. The number of piperidine rings is 1. The molecule has 1 N–H and O–H groups in total. The van der Waals surface area contributed by atoms with Crippen molar-refractivity contribution >= 4 is 15.9 Å². The van der Waals surface area contributed by atoms with E-state index in [1.165, 1.54) is 17.0 Å². The number of hydrogen-bond donors (Lipinski definition) is 1. The molecule has 2 heterocycles. The van der Waals surface area contributed by atoms with E-state index in [1.807, 2.05) is 4.90 Å². The molecule has 0 bridgehead atoms. The Hall–Kier alpha value is -0.660. The van der Waals surface area contributed by atoms with Crippen molar-refractivity contribution in [3.63, 3.8) is 0 Å². The lowest BCUT2D eigenvalue weighted by atomic mass is 9.73. The van der Waals surface area contributed by atoms with Gasteiger partial charge in [-0.05, 0) is 25.2 Å². The zero-order chi connectivity index (χ0) is 16.7. The topological polar surface area (TPSA) is 77.9 Å². The number of rotatable bonds is 3. The van der Waals surface area contributed by atoms with Crippen LogP contribution in [0.1, 0.15) is 38.5 Å². The fourth-order valence-electron chi connectivity index (χ4n) is 4.61. The summed E-state index contributed by atoms with van der Waals surface area (Å²) in [7, 11) is -3.25. The molecule has 3 fully saturated rings. The summed E-state index contributed by atoms with van der Waals surface area (Å²) < 4.78 is 25.2. The van der Waals surface area contributed by atoms with Crippen LogP contribution in [0.5, 0.6) is 0 Å². The zero-order valence-corrected chi connectivity index (χ0v) is 14.7. The number of carbonyl (C=O) groups excluding carboxylic acids is 1. The monoisotopic (exact) mass is 344 g/mol. The first kappa shape index (κ1) is 17.2. The van der Waals surface area contributed by atoms with Gasteiger partial charge in [-0.1, -0.05) is 19.3 Å². The Kier molecular flexibility index (Phi) is 4.73. The number of sulfonamides is 1. The highest BCUT2D eigenvalue weighted by Gasteiger charge is 2.52. The maximum Gasteiger partial charge on any atom is 0.225 e. The lowest BCUT2D eigenvalue weighted by molar-refractivity contribution is -0.141. The van der Waals surface area contributed by atoms with Gasteiger partial charge in [0.2, 0.25) is 15.9 Å². The van der Waals surface area contributed by atoms with Crippen molar-refractivity contribution in [1.29, 1.82) is 0 Å². The molecule has 6 nitrogen and oxygen atoms in total. The molecule has 0 aromatic carbocycles. The van der Waals surface area contributed by atoms with Crippen LogP contribution < -0.4 is 0 Å². The van der Waals surface area contributed by atoms with Crippen LogP contribution in [0.3, 0.4) is 0 Å². The normalized spacial score (nSPS) is 33.7. The van der Waals surface area contributed by atoms with Gasteiger partial charge in [0.25, 0.3) is 0 Å². The van der Waals surface area contributed by atoms with Gasteiger partial charge in [0, 0.05) is 37.5 Å². The molecular weight excluding hydrogens is 316 g/mol. The van der Waals surface area contributed by atoms with Gasteiger partial charge in [-0.3, -0.25) is 4.79 Å². The van der Waals surface area contributed by atoms with E-state index in [-0.39, 0.29) is 24.3 Å². The van der Waals surface area contributed by atoms with Gasteiger partial charge in [0.05, 0.1) is 12.9 Å². The summed E-state index contributed by atoms with van der Waals surface area (Å²) >= 11 is 0. The number of nitrogens with zero attached hydrogens (tertiary/aromatic N) is 2. The van der Waals surface area contributed by atoms with E-state index in [1.54, 1.807) is 0 Å². The number of carbonyl (C=O) groups is 1. The van der Waals surface area contributed by atoms with Crippen LogP contribution in [0.15, 0.2) is 0 Å². The standard InChI is InChI=1S/C16H28N2O4S/c1-23(21,22)18-9-14-7-8-17(10-16(14,11-18)12-19)15(20)13-5-3-2-4-6-13/h13-14,19H,2-12H2,1H3/t14-,16+/m0/s1. The molecule has 0 aromatic heterocycles. The molecule has 1 saturated carbocycles. The average molecular weight is 344 g/mol. The maximum atomic E-state index is 12.8. The predicted octanol–water partition coefficient (Wildman–Crippen LogP) is 0.669. The first-order chi connectivity index (χ1) is 10.9. The van der Waals surface area contributed by atoms with E-state index in [9.17, 15) is 18.3 Å². The second kappa shape index (κ2) is 6.33. The van der Waals surface area contributed by atoms with Gasteiger partial charge >= 0.3 is 0 Å². The Morgan fingerprint density at radius 2 is 1.87 bits per heavy atom. The van der Waals surface area contributed by atoms with Crippen LogP contribution in [-0.4, -0.2) is 67.7 Å². The van der Waals surface area contributed by atoms with Crippen molar-refractivity contribution in [2.24, 2.45) is 17.3 Å². The van der Waals surface area contributed by atoms with E-state index in [0.717, 1.165) is 32.1 Å². The molecule has 1 aliphatic carbocycles. The van der Waals surface area contributed by atoms with Crippen molar-refractivity contribution in [2.45, 2.75) is 38.5 Å². The van der Waals surface area contributed by atoms with Crippen molar-refractivity contribution in [2.75, 3.05) is 39.0 Å². The van der Waals surface area contributed by atoms with E-state index in [0.29, 0.717) is 26.2 Å². The molecule has 1 amide bonds. The third-order valence-corrected chi connectivity index (χ3v) is 7.30. The van der Waals surface area contributed by atoms with E-state index in [4.69, 9.17) is 0 Å². The van der Waals surface area contributed by atoms with Crippen molar-refractivity contribution in [3.05, 3.63) is 0 Å². The molecule has 2 atom stereocenters. The Bertz CT molecular complexity index is 558. The lowest BCUT2D eigenvalue weighted by Crippen LogP contribution is -2.54. The highest BCUT2D eigenvalue weighted by molar-refractivity contribution is 7.88. The summed E-state index contributed by atoms with van der Waals surface area (Å²) in [6.07, 6.45) is 7.42. The molecule has 23 heavy (non-hydrogen) atoms. The van der Waals surface area contributed by atoms with Gasteiger partial charge in [0.15, 0.2) is 0 Å². The van der Waals surface area contributed by atoms with E-state index in [2.05, 4.69) is 0 Å². The summed E-state index contributed by atoms with van der Waals surface area (Å²) in [6, 6.07) is 0. The van der Waals surface area contributed by atoms with Crippen LogP contribution in [0.25, 0.3) is 0 Å². The second-order valence-electron chi connectivity index (χ2n) is 7.66. The molecular formula is C16H28N2O4S. The minimum absolute atomic E-state index is 0.0574. The summed E-state index contributed by atoms with van der Waals surface area (Å²) in [5.41, 5.74) is -0.480. The van der Waals surface area contributed by atoms with Gasteiger partial charge in [0.1, 0.15) is 0 Å². The highest BCUT2D eigenvalue weighted by atomic mass is 32.2. The molecule has 132 valence electrons. The second-order valence-corrected chi connectivity index (χ2v) is 9.64. The largest absolute Gasteiger partial charge is 0.396 e. The third kappa shape index (κ3) is 3.28. The molecule has 0 radical (unpaired) electrons. The highest BCUT2D eigenvalue weighted by Crippen LogP contribution is 2.43. The third-order valence-electron chi connectivity index (χ3n) is 6.08. The van der Waals surface area contributed by atoms with Crippen molar-refractivity contribution in [1.82, 2.24) is 9.21 Å². The van der Waals surface area contributed by atoms with Crippen LogP contribution in [0.4, 0.5) is 0 Å². The first-order valence-corrected chi connectivity index (χ1v) is 10.6. The van der Waals surface area contributed by atoms with Crippen LogP contribution in [0, 0.1) is 17.3 Å². The summed E-state index contributed by atoms with van der Waals surface area (Å²) in [6.45, 7) is 1.94. The summed E-state index contributed by atoms with van der Waals surface area (Å²) in [5.74, 6) is 0.495. The Balaban J connectivity index is 1.73. The number of hydrogen-bond acceptors (Lipinski definition) is 4. The molecule has 2 aliphatic heterocycles. The molecule has 0 spiro atoms. The molecule has 3 aliphatic rings. The first-order valence-electron chi connectivity index (χ1n) is 8.70. The fourth-order valence-corrected chi connectivity index (χ4v) is 5.55. The number of aliphatic hydroxyl groups is 1. The van der Waals surface area contributed by atoms with Crippen LogP contribution in [0.2, 0.25) is 0 Å². The molecule has 2 saturated heterocycles. The summed E-state index contributed by atoms with van der Waals surface area (Å²) in [4.78, 5) is 14.7. The van der Waals surface area contributed by atoms with Crippen LogP contribution in [-0.2, 0) is 14.8 Å². The van der Waals surface area contributed by atoms with Gasteiger partial charge < -0.3 is 10.0 Å². The smallest absolute Gasteiger partial charge is 0.225 e. The maximum absolute atomic E-state index is 12.8. The number of likely N-dealkylation sites (tertiary alicyclic amines) is 1. The fraction of sp³-hybridized carbons (Fsp3) is 0.938. The number of aliphatic hydroxyl groups excluding tert-OH is 1. The average Bonchev–Trinajstić information content (AvgIpc) is 2.94. The lowest BCUT2D eigenvalue weighted by Gasteiger charge is -2.44. The zero-order valence-electron chi connectivity index (χ0n) is 13.9. The molecule has 7 heteroatoms. The molecule has 0 aromatic rings. The van der Waals surface area contributed by atoms with Gasteiger partial charge in [-0.25, -0.2) is 12.7 Å². The van der Waals surface area contributed by atoms with E-state index < -0.39 is 15.4 Å². The van der Waals surface area contributed by atoms with E-state index >= 15 is 0 Å². The minimum Gasteiger partial charge on any atom is -0.396 e. The minimum atomic E-state index is -3.25. The predicted molar refractivity (Wildman–Crippen MR) is 87.2 cm³/mol.